The first kappa shape index (κ1) is 12.7. The van der Waals surface area contributed by atoms with Gasteiger partial charge in [0.1, 0.15) is 6.10 Å². The first-order valence-corrected chi connectivity index (χ1v) is 6.06. The zero-order chi connectivity index (χ0) is 9.72. The number of halogens is 2. The lowest BCUT2D eigenvalue weighted by Gasteiger charge is -2.23. The van der Waals surface area contributed by atoms with Gasteiger partial charge in [-0.05, 0) is 5.92 Å². The van der Waals surface area contributed by atoms with Crippen LogP contribution in [0.25, 0.3) is 0 Å². The first-order valence-electron chi connectivity index (χ1n) is 4.03. The molecule has 1 nitrogen and oxygen atoms in total. The molecule has 0 aliphatic carbocycles. The molecule has 0 aromatic carbocycles. The highest BCUT2D eigenvalue weighted by molar-refractivity contribution is 9.12. The van der Waals surface area contributed by atoms with Gasteiger partial charge in [-0.3, -0.25) is 0 Å². The average molecular weight is 299 g/mol. The van der Waals surface area contributed by atoms with Gasteiger partial charge in [0.05, 0.1) is 0 Å². The van der Waals surface area contributed by atoms with Gasteiger partial charge in [-0.15, -0.1) is 6.58 Å². The molecule has 0 amide bonds. The van der Waals surface area contributed by atoms with Crippen LogP contribution in [0.5, 0.6) is 0 Å². The fraction of sp³-hybridized carbons (Fsp3) is 0.778. The third-order valence-corrected chi connectivity index (χ3v) is 4.85. The summed E-state index contributed by atoms with van der Waals surface area (Å²) in [5.41, 5.74) is 0. The second-order valence-electron chi connectivity index (χ2n) is 3.09. The van der Waals surface area contributed by atoms with Crippen molar-refractivity contribution in [2.75, 3.05) is 5.33 Å². The number of hydrogen-bond acceptors (Lipinski definition) is 0. The van der Waals surface area contributed by atoms with Gasteiger partial charge < -0.3 is 0 Å². The van der Waals surface area contributed by atoms with Gasteiger partial charge in [0.15, 0.2) is 0 Å². The van der Waals surface area contributed by atoms with Crippen LogP contribution in [-0.4, -0.2) is 16.3 Å². The highest BCUT2D eigenvalue weighted by atomic mass is 79.9. The van der Waals surface area contributed by atoms with Crippen LogP contribution in [-0.2, 0) is 5.11 Å². The molecule has 1 radical (unpaired) electrons. The lowest BCUT2D eigenvalue weighted by molar-refractivity contribution is 0.0173. The molecule has 4 atom stereocenters. The van der Waals surface area contributed by atoms with Crippen molar-refractivity contribution in [3.63, 3.8) is 0 Å². The molecule has 0 aromatic heterocycles. The number of hydrogen-bond donors (Lipinski definition) is 0. The third-order valence-electron chi connectivity index (χ3n) is 2.13. The Balaban J connectivity index is 4.07. The van der Waals surface area contributed by atoms with E-state index in [1.165, 1.54) is 0 Å². The minimum atomic E-state index is -0.565. The van der Waals surface area contributed by atoms with E-state index < -0.39 is 6.10 Å². The van der Waals surface area contributed by atoms with Gasteiger partial charge in [0, 0.05) is 16.1 Å². The van der Waals surface area contributed by atoms with Crippen LogP contribution in [0.3, 0.4) is 0 Å². The minimum absolute atomic E-state index is 0.0408. The Labute approximate surface area is 91.5 Å². The Morgan fingerprint density at radius 2 is 2.00 bits per heavy atom. The van der Waals surface area contributed by atoms with E-state index in [-0.39, 0.29) is 16.7 Å². The standard InChI is InChI=1S/C9H15Br2O/c1-4-6(2)9(12)7(3)8(11)5-10/h4,6-9H,1,5H2,2-3H3. The molecule has 12 heavy (non-hydrogen) atoms. The molecule has 0 rings (SSSR count). The zero-order valence-corrected chi connectivity index (χ0v) is 10.6. The van der Waals surface area contributed by atoms with Gasteiger partial charge in [-0.1, -0.05) is 51.8 Å². The summed E-state index contributed by atoms with van der Waals surface area (Å²) in [6, 6.07) is 0. The summed E-state index contributed by atoms with van der Waals surface area (Å²) in [5, 5.41) is 12.5. The van der Waals surface area contributed by atoms with Crippen LogP contribution < -0.4 is 0 Å². The molecular weight excluding hydrogens is 284 g/mol. The topological polar surface area (TPSA) is 19.9 Å². The Kier molecular flexibility index (Phi) is 6.50. The second-order valence-corrected chi connectivity index (χ2v) is 4.91. The van der Waals surface area contributed by atoms with Crippen LogP contribution in [0.1, 0.15) is 13.8 Å². The van der Waals surface area contributed by atoms with Crippen molar-refractivity contribution in [2.45, 2.75) is 24.8 Å². The molecule has 0 spiro atoms. The lowest BCUT2D eigenvalue weighted by Crippen LogP contribution is -2.30. The molecule has 0 saturated carbocycles. The molecule has 0 N–H and O–H groups in total. The largest absolute Gasteiger partial charge is 0.232 e. The van der Waals surface area contributed by atoms with E-state index in [1.54, 1.807) is 6.08 Å². The minimum Gasteiger partial charge on any atom is -0.232 e. The second kappa shape index (κ2) is 6.17. The molecule has 0 aliphatic rings. The predicted molar refractivity (Wildman–Crippen MR) is 59.5 cm³/mol. The van der Waals surface area contributed by atoms with Crippen LogP contribution in [0, 0.1) is 11.8 Å². The molecule has 71 valence electrons. The number of rotatable bonds is 5. The summed E-state index contributed by atoms with van der Waals surface area (Å²) in [6.45, 7) is 7.50. The Hall–Kier alpha value is 0.660. The monoisotopic (exact) mass is 297 g/mol. The SMILES string of the molecule is C=CC(C)C([O])C(C)C(Br)CBr. The third kappa shape index (κ3) is 3.58. The average Bonchev–Trinajstić information content (AvgIpc) is 2.12. The summed E-state index contributed by atoms with van der Waals surface area (Å²) >= 11 is 6.80. The van der Waals surface area contributed by atoms with Crippen molar-refractivity contribution >= 4 is 31.9 Å². The molecule has 0 saturated heterocycles. The Morgan fingerprint density at radius 1 is 1.50 bits per heavy atom. The van der Waals surface area contributed by atoms with E-state index in [1.807, 2.05) is 13.8 Å². The number of alkyl halides is 2. The molecular formula is C9H15Br2O. The summed E-state index contributed by atoms with van der Waals surface area (Å²) in [5.74, 6) is 0.163. The molecule has 0 bridgehead atoms. The van der Waals surface area contributed by atoms with Gasteiger partial charge >= 0.3 is 0 Å². The van der Waals surface area contributed by atoms with Crippen molar-refractivity contribution < 1.29 is 5.11 Å². The van der Waals surface area contributed by atoms with Gasteiger partial charge in [-0.2, -0.15) is 0 Å². The molecule has 0 aromatic rings. The summed E-state index contributed by atoms with van der Waals surface area (Å²) in [4.78, 5) is 0.252. The predicted octanol–water partition coefficient (Wildman–Crippen LogP) is 3.40. The van der Waals surface area contributed by atoms with E-state index in [4.69, 9.17) is 0 Å². The van der Waals surface area contributed by atoms with E-state index >= 15 is 0 Å². The van der Waals surface area contributed by atoms with Crippen LogP contribution in [0.2, 0.25) is 0 Å². The molecule has 0 fully saturated rings. The van der Waals surface area contributed by atoms with E-state index in [2.05, 4.69) is 38.4 Å². The molecule has 4 unspecified atom stereocenters. The summed E-state index contributed by atoms with van der Waals surface area (Å²) < 4.78 is 0. The van der Waals surface area contributed by atoms with Crippen molar-refractivity contribution in [2.24, 2.45) is 11.8 Å². The summed E-state index contributed by atoms with van der Waals surface area (Å²) in [6.07, 6.45) is 1.16. The van der Waals surface area contributed by atoms with Gasteiger partial charge in [0.25, 0.3) is 0 Å². The first-order chi connectivity index (χ1) is 5.54. The van der Waals surface area contributed by atoms with Crippen molar-refractivity contribution in [1.29, 1.82) is 0 Å². The van der Waals surface area contributed by atoms with E-state index in [9.17, 15) is 5.11 Å². The zero-order valence-electron chi connectivity index (χ0n) is 7.47. The smallest absolute Gasteiger partial charge is 0.103 e. The maximum absolute atomic E-state index is 11.6. The normalized spacial score (nSPS) is 21.1. The maximum Gasteiger partial charge on any atom is 0.103 e. The van der Waals surface area contributed by atoms with Gasteiger partial charge in [-0.25, -0.2) is 5.11 Å². The molecule has 3 heteroatoms. The highest BCUT2D eigenvalue weighted by Crippen LogP contribution is 2.23. The lowest BCUT2D eigenvalue weighted by atomic mass is 9.92. The highest BCUT2D eigenvalue weighted by Gasteiger charge is 2.25. The fourth-order valence-electron chi connectivity index (χ4n) is 0.959. The van der Waals surface area contributed by atoms with Crippen molar-refractivity contribution in [3.05, 3.63) is 12.7 Å². The van der Waals surface area contributed by atoms with Crippen LogP contribution >= 0.6 is 31.9 Å². The summed E-state index contributed by atoms with van der Waals surface area (Å²) in [7, 11) is 0. The van der Waals surface area contributed by atoms with Crippen LogP contribution in [0.4, 0.5) is 0 Å². The maximum atomic E-state index is 11.6. The van der Waals surface area contributed by atoms with Crippen molar-refractivity contribution in [1.82, 2.24) is 0 Å². The van der Waals surface area contributed by atoms with Crippen molar-refractivity contribution in [3.8, 4) is 0 Å². The molecule has 0 heterocycles. The van der Waals surface area contributed by atoms with Crippen LogP contribution in [0.15, 0.2) is 12.7 Å². The molecule has 0 aliphatic heterocycles. The van der Waals surface area contributed by atoms with E-state index in [0.717, 1.165) is 5.33 Å². The quantitative estimate of drug-likeness (QED) is 0.548. The van der Waals surface area contributed by atoms with Gasteiger partial charge in [0.2, 0.25) is 0 Å². The Bertz CT molecular complexity index is 138. The fourth-order valence-corrected chi connectivity index (χ4v) is 1.85. The van der Waals surface area contributed by atoms with E-state index in [0.29, 0.717) is 0 Å². The Morgan fingerprint density at radius 3 is 2.33 bits per heavy atom.